The summed E-state index contributed by atoms with van der Waals surface area (Å²) in [4.78, 5) is 61.5. The summed E-state index contributed by atoms with van der Waals surface area (Å²) in [5.74, 6) is -4.84. The molecule has 13 heteroatoms. The van der Waals surface area contributed by atoms with Gasteiger partial charge in [-0.05, 0) is 21.5 Å². The Morgan fingerprint density at radius 2 is 1.37 bits per heavy atom. The molecule has 0 fully saturated rings. The monoisotopic (exact) mass is 655 g/mol. The molecule has 2 N–H and O–H groups in total. The van der Waals surface area contributed by atoms with Gasteiger partial charge in [-0.1, -0.05) is 81.4 Å². The Morgan fingerprint density at radius 1 is 0.848 bits per heavy atom. The number of carboxylic acid groups (broad SMARTS) is 1. The highest BCUT2D eigenvalue weighted by Gasteiger charge is 2.55. The van der Waals surface area contributed by atoms with Crippen LogP contribution in [0.5, 0.6) is 0 Å². The van der Waals surface area contributed by atoms with Crippen molar-refractivity contribution in [2.24, 2.45) is 0 Å². The largest absolute Gasteiger partial charge is 0.477 e. The average molecular weight is 656 g/mol. The Balaban J connectivity index is 2.31. The maximum atomic E-state index is 12.7. The summed E-state index contributed by atoms with van der Waals surface area (Å²) in [6.45, 7) is 10.2. The smallest absolute Gasteiger partial charge is 0.370 e. The molecule has 3 rings (SSSR count). The molecule has 0 saturated carbocycles. The molecule has 0 aliphatic carbocycles. The second-order valence-electron chi connectivity index (χ2n) is 11.9. The van der Waals surface area contributed by atoms with Gasteiger partial charge in [0.05, 0.1) is 12.1 Å². The van der Waals surface area contributed by atoms with Crippen molar-refractivity contribution in [2.45, 2.75) is 84.0 Å². The van der Waals surface area contributed by atoms with Crippen LogP contribution in [-0.4, -0.2) is 80.3 Å². The molecule has 2 aromatic carbocycles. The van der Waals surface area contributed by atoms with E-state index in [9.17, 15) is 29.1 Å². The maximum absolute atomic E-state index is 12.7. The van der Waals surface area contributed by atoms with Gasteiger partial charge in [-0.3, -0.25) is 19.2 Å². The molecule has 12 nitrogen and oxygen atoms in total. The minimum Gasteiger partial charge on any atom is -0.477 e. The molecular weight excluding hydrogens is 614 g/mol. The van der Waals surface area contributed by atoms with Crippen LogP contribution in [-0.2, 0) is 47.3 Å². The van der Waals surface area contributed by atoms with Crippen molar-refractivity contribution in [1.82, 2.24) is 5.32 Å². The highest BCUT2D eigenvalue weighted by atomic mass is 28.4. The van der Waals surface area contributed by atoms with Gasteiger partial charge in [0.2, 0.25) is 11.7 Å². The van der Waals surface area contributed by atoms with Crippen molar-refractivity contribution in [2.75, 3.05) is 6.61 Å². The summed E-state index contributed by atoms with van der Waals surface area (Å²) >= 11 is 0. The SMILES string of the molecule is CC(=O)N[C@@H]1[C@H]([C@@H](OC(C)=O)[C@@H](COC(C)=O)OC(C)=O)OC(C(=O)O)=C[C@H]1O[Si](c1ccccc1)(c1ccccc1)C(C)(C)C. The van der Waals surface area contributed by atoms with E-state index in [0.29, 0.717) is 0 Å². The molecule has 46 heavy (non-hydrogen) atoms. The zero-order chi connectivity index (χ0) is 34.2. The molecule has 2 aromatic rings. The standard InChI is InChI=1S/C33H41NO11Si/c1-20(35)34-29-26(45-46(33(5,6)7,24-14-10-8-11-15-24)25-16-12-9-13-17-25)18-27(32(39)40)44-31(29)30(43-23(4)38)28(42-22(3)37)19-41-21(2)36/h8-18,26,28-31H,19H2,1-7H3,(H,34,35)(H,39,40)/t26-,28-,29+,30+,31-/m1/s1. The fourth-order valence-corrected chi connectivity index (χ4v) is 10.3. The number of carbonyl (C=O) groups is 5. The molecule has 0 bridgehead atoms. The van der Waals surface area contributed by atoms with Gasteiger partial charge in [0, 0.05) is 27.7 Å². The van der Waals surface area contributed by atoms with Crippen molar-refractivity contribution >= 4 is 48.5 Å². The van der Waals surface area contributed by atoms with E-state index in [-0.39, 0.29) is 0 Å². The number of esters is 3. The summed E-state index contributed by atoms with van der Waals surface area (Å²) in [7, 11) is -3.38. The lowest BCUT2D eigenvalue weighted by molar-refractivity contribution is -0.189. The number of nitrogens with one attached hydrogen (secondary N) is 1. The molecule has 1 aliphatic heterocycles. The van der Waals surface area contributed by atoms with E-state index in [1.807, 2.05) is 81.4 Å². The van der Waals surface area contributed by atoms with E-state index in [1.54, 1.807) is 0 Å². The van der Waals surface area contributed by atoms with Crippen LogP contribution < -0.4 is 15.7 Å². The number of carboxylic acids is 1. The van der Waals surface area contributed by atoms with Gasteiger partial charge in [0.1, 0.15) is 6.61 Å². The first-order valence-electron chi connectivity index (χ1n) is 14.7. The highest BCUT2D eigenvalue weighted by molar-refractivity contribution is 6.99. The third kappa shape index (κ3) is 8.61. The minimum atomic E-state index is -3.38. The molecular formula is C33H41NO11Si. The van der Waals surface area contributed by atoms with Crippen LogP contribution in [0, 0.1) is 0 Å². The van der Waals surface area contributed by atoms with Gasteiger partial charge in [-0.15, -0.1) is 0 Å². The van der Waals surface area contributed by atoms with Gasteiger partial charge < -0.3 is 33.8 Å². The average Bonchev–Trinajstić information content (AvgIpc) is 2.97. The molecule has 0 radical (unpaired) electrons. The lowest BCUT2D eigenvalue weighted by atomic mass is 9.93. The Morgan fingerprint density at radius 3 is 1.78 bits per heavy atom. The third-order valence-electron chi connectivity index (χ3n) is 7.36. The maximum Gasteiger partial charge on any atom is 0.370 e. The Hall–Kier alpha value is -4.49. The molecule has 0 spiro atoms. The summed E-state index contributed by atoms with van der Waals surface area (Å²) < 4.78 is 29.2. The molecule has 0 unspecified atom stereocenters. The van der Waals surface area contributed by atoms with Crippen molar-refractivity contribution < 1.29 is 52.5 Å². The third-order valence-corrected chi connectivity index (χ3v) is 12.4. The predicted molar refractivity (Wildman–Crippen MR) is 168 cm³/mol. The second kappa shape index (κ2) is 15.2. The van der Waals surface area contributed by atoms with Crippen LogP contribution in [0.2, 0.25) is 5.04 Å². The summed E-state index contributed by atoms with van der Waals surface area (Å²) in [5.41, 5.74) is 0. The van der Waals surface area contributed by atoms with Crippen molar-refractivity contribution in [3.05, 3.63) is 72.5 Å². The van der Waals surface area contributed by atoms with Crippen LogP contribution >= 0.6 is 0 Å². The lowest BCUT2D eigenvalue weighted by Crippen LogP contribution is -2.71. The highest BCUT2D eigenvalue weighted by Crippen LogP contribution is 2.39. The number of ether oxygens (including phenoxy) is 4. The first-order valence-corrected chi connectivity index (χ1v) is 16.6. The Bertz CT molecular complexity index is 1400. The van der Waals surface area contributed by atoms with E-state index < -0.39 is 86.0 Å². The van der Waals surface area contributed by atoms with Gasteiger partial charge in [0.25, 0.3) is 8.32 Å². The molecule has 1 heterocycles. The number of hydrogen-bond acceptors (Lipinski definition) is 10. The van der Waals surface area contributed by atoms with Gasteiger partial charge >= 0.3 is 23.9 Å². The minimum absolute atomic E-state index is 0.521. The van der Waals surface area contributed by atoms with Gasteiger partial charge in [0.15, 0.2) is 18.3 Å². The van der Waals surface area contributed by atoms with E-state index in [0.717, 1.165) is 31.1 Å². The number of aliphatic carboxylic acids is 1. The second-order valence-corrected chi connectivity index (χ2v) is 16.2. The van der Waals surface area contributed by atoms with Gasteiger partial charge in [-0.2, -0.15) is 0 Å². The number of rotatable bonds is 12. The van der Waals surface area contributed by atoms with E-state index in [2.05, 4.69) is 5.32 Å². The van der Waals surface area contributed by atoms with E-state index in [1.165, 1.54) is 13.0 Å². The Labute approximate surface area is 269 Å². The zero-order valence-electron chi connectivity index (χ0n) is 27.0. The van der Waals surface area contributed by atoms with Crippen LogP contribution in [0.15, 0.2) is 72.5 Å². The fourth-order valence-electron chi connectivity index (χ4n) is 5.65. The van der Waals surface area contributed by atoms with Crippen LogP contribution in [0.3, 0.4) is 0 Å². The summed E-state index contributed by atoms with van der Waals surface area (Å²) in [5, 5.41) is 14.2. The van der Waals surface area contributed by atoms with E-state index in [4.69, 9.17) is 23.4 Å². The topological polar surface area (TPSA) is 164 Å². The van der Waals surface area contributed by atoms with Crippen LogP contribution in [0.4, 0.5) is 0 Å². The molecule has 1 amide bonds. The quantitative estimate of drug-likeness (QED) is 0.196. The fraction of sp³-hybridized carbons (Fsp3) is 0.424. The first kappa shape index (κ1) is 36.0. The molecule has 1 aliphatic rings. The van der Waals surface area contributed by atoms with Crippen LogP contribution in [0.1, 0.15) is 48.5 Å². The van der Waals surface area contributed by atoms with Gasteiger partial charge in [-0.25, -0.2) is 4.79 Å². The predicted octanol–water partition coefficient (Wildman–Crippen LogP) is 2.23. The number of hydrogen-bond donors (Lipinski definition) is 2. The number of amides is 1. The van der Waals surface area contributed by atoms with Crippen molar-refractivity contribution in [1.29, 1.82) is 0 Å². The van der Waals surface area contributed by atoms with Crippen LogP contribution in [0.25, 0.3) is 0 Å². The van der Waals surface area contributed by atoms with E-state index >= 15 is 0 Å². The molecule has 5 atom stereocenters. The number of benzene rings is 2. The Kier molecular flexibility index (Phi) is 11.9. The molecule has 0 saturated heterocycles. The van der Waals surface area contributed by atoms with Crippen molar-refractivity contribution in [3.63, 3.8) is 0 Å². The molecule has 0 aromatic heterocycles. The first-order chi connectivity index (χ1) is 21.6. The summed E-state index contributed by atoms with van der Waals surface area (Å²) in [6, 6.07) is 18.0. The summed E-state index contributed by atoms with van der Waals surface area (Å²) in [6.07, 6.45) is -4.35. The zero-order valence-corrected chi connectivity index (χ0v) is 28.0. The van der Waals surface area contributed by atoms with Crippen molar-refractivity contribution in [3.8, 4) is 0 Å². The lowest BCUT2D eigenvalue weighted by Gasteiger charge is -2.48. The molecule has 248 valence electrons. The normalized spacial score (nSPS) is 19.4. The number of carbonyl (C=O) groups excluding carboxylic acids is 4.